The van der Waals surface area contributed by atoms with Crippen LogP contribution in [0.2, 0.25) is 10.0 Å². The standard InChI is InChI=1S/C14H10Br2Cl2O/c1-19-13-5-2-8(6-12(13)18)14(16)10-4-3-9(17)7-11(10)15/h2-7,14H,1H3. The van der Waals surface area contributed by atoms with E-state index in [1.807, 2.05) is 36.4 Å². The van der Waals surface area contributed by atoms with Crippen molar-refractivity contribution in [2.75, 3.05) is 7.11 Å². The van der Waals surface area contributed by atoms with Crippen LogP contribution in [0.15, 0.2) is 40.9 Å². The van der Waals surface area contributed by atoms with Crippen LogP contribution in [0.3, 0.4) is 0 Å². The molecule has 1 nitrogen and oxygen atoms in total. The third kappa shape index (κ3) is 3.46. The molecule has 2 rings (SSSR count). The van der Waals surface area contributed by atoms with E-state index in [-0.39, 0.29) is 4.83 Å². The van der Waals surface area contributed by atoms with Crippen molar-refractivity contribution in [1.29, 1.82) is 0 Å². The molecule has 0 fully saturated rings. The maximum atomic E-state index is 6.15. The van der Waals surface area contributed by atoms with Gasteiger partial charge in [0.05, 0.1) is 17.0 Å². The predicted molar refractivity (Wildman–Crippen MR) is 87.9 cm³/mol. The van der Waals surface area contributed by atoms with Crippen LogP contribution in [-0.4, -0.2) is 7.11 Å². The molecule has 0 saturated carbocycles. The lowest BCUT2D eigenvalue weighted by atomic mass is 10.0. The van der Waals surface area contributed by atoms with E-state index in [0.29, 0.717) is 15.8 Å². The van der Waals surface area contributed by atoms with Crippen molar-refractivity contribution in [3.05, 3.63) is 62.0 Å². The summed E-state index contributed by atoms with van der Waals surface area (Å²) < 4.78 is 6.10. The van der Waals surface area contributed by atoms with Crippen LogP contribution in [-0.2, 0) is 0 Å². The van der Waals surface area contributed by atoms with Crippen molar-refractivity contribution < 1.29 is 4.74 Å². The van der Waals surface area contributed by atoms with Gasteiger partial charge >= 0.3 is 0 Å². The molecule has 0 aromatic heterocycles. The molecule has 0 aliphatic rings. The van der Waals surface area contributed by atoms with E-state index in [2.05, 4.69) is 31.9 Å². The Bertz CT molecular complexity index is 602. The summed E-state index contributed by atoms with van der Waals surface area (Å²) in [5.74, 6) is 0.667. The Balaban J connectivity index is 2.38. The van der Waals surface area contributed by atoms with Gasteiger partial charge < -0.3 is 4.74 Å². The van der Waals surface area contributed by atoms with Gasteiger partial charge in [-0.3, -0.25) is 0 Å². The van der Waals surface area contributed by atoms with E-state index in [0.717, 1.165) is 15.6 Å². The largest absolute Gasteiger partial charge is 0.495 e. The minimum absolute atomic E-state index is 0.0301. The monoisotopic (exact) mass is 422 g/mol. The number of alkyl halides is 1. The summed E-state index contributed by atoms with van der Waals surface area (Å²) in [4.78, 5) is 0.0301. The van der Waals surface area contributed by atoms with Gasteiger partial charge in [0.1, 0.15) is 5.75 Å². The molecule has 0 bridgehead atoms. The Morgan fingerprint density at radius 3 is 2.42 bits per heavy atom. The molecule has 0 heterocycles. The smallest absolute Gasteiger partial charge is 0.137 e. The maximum absolute atomic E-state index is 6.15. The molecule has 0 amide bonds. The molecular weight excluding hydrogens is 415 g/mol. The zero-order valence-electron chi connectivity index (χ0n) is 9.96. The third-order valence-corrected chi connectivity index (χ3v) is 4.94. The number of hydrogen-bond acceptors (Lipinski definition) is 1. The van der Waals surface area contributed by atoms with Crippen LogP contribution in [0.1, 0.15) is 16.0 Å². The van der Waals surface area contributed by atoms with E-state index in [9.17, 15) is 0 Å². The van der Waals surface area contributed by atoms with Crippen LogP contribution < -0.4 is 4.74 Å². The summed E-state index contributed by atoms with van der Waals surface area (Å²) in [5, 5.41) is 1.29. The van der Waals surface area contributed by atoms with Gasteiger partial charge in [0.25, 0.3) is 0 Å². The number of methoxy groups -OCH3 is 1. The van der Waals surface area contributed by atoms with Gasteiger partial charge in [-0.2, -0.15) is 0 Å². The van der Waals surface area contributed by atoms with E-state index < -0.39 is 0 Å². The zero-order chi connectivity index (χ0) is 14.0. The molecule has 0 aliphatic heterocycles. The number of ether oxygens (including phenoxy) is 1. The van der Waals surface area contributed by atoms with Gasteiger partial charge in [-0.25, -0.2) is 0 Å². The van der Waals surface area contributed by atoms with Crippen molar-refractivity contribution in [2.24, 2.45) is 0 Å². The molecule has 1 atom stereocenters. The van der Waals surface area contributed by atoms with Gasteiger partial charge in [-0.1, -0.05) is 67.2 Å². The van der Waals surface area contributed by atoms with Crippen LogP contribution in [0.4, 0.5) is 0 Å². The second-order valence-corrected chi connectivity index (χ2v) is 6.54. The summed E-state index contributed by atoms with van der Waals surface area (Å²) in [7, 11) is 1.60. The predicted octanol–water partition coefficient (Wildman–Crippen LogP) is 6.25. The van der Waals surface area contributed by atoms with Crippen molar-refractivity contribution in [1.82, 2.24) is 0 Å². The molecule has 0 spiro atoms. The zero-order valence-corrected chi connectivity index (χ0v) is 14.6. The lowest BCUT2D eigenvalue weighted by molar-refractivity contribution is 0.415. The van der Waals surface area contributed by atoms with Gasteiger partial charge in [-0.15, -0.1) is 0 Å². The fourth-order valence-corrected chi connectivity index (χ4v) is 3.90. The first-order valence-corrected chi connectivity index (χ1v) is 7.92. The van der Waals surface area contributed by atoms with Crippen molar-refractivity contribution >= 4 is 55.1 Å². The summed E-state index contributed by atoms with van der Waals surface area (Å²) in [5.41, 5.74) is 2.14. The maximum Gasteiger partial charge on any atom is 0.137 e. The Kier molecular flexibility index (Phi) is 5.18. The average Bonchev–Trinajstić information content (AvgIpc) is 2.38. The van der Waals surface area contributed by atoms with Gasteiger partial charge in [0.2, 0.25) is 0 Å². The highest BCUT2D eigenvalue weighted by atomic mass is 79.9. The highest BCUT2D eigenvalue weighted by molar-refractivity contribution is 9.11. The minimum atomic E-state index is 0.0301. The lowest BCUT2D eigenvalue weighted by Gasteiger charge is -2.14. The van der Waals surface area contributed by atoms with Crippen LogP contribution in [0, 0.1) is 0 Å². The highest BCUT2D eigenvalue weighted by Crippen LogP contribution is 2.38. The molecule has 0 saturated heterocycles. The molecule has 0 N–H and O–H groups in total. The van der Waals surface area contributed by atoms with E-state index >= 15 is 0 Å². The molecule has 19 heavy (non-hydrogen) atoms. The highest BCUT2D eigenvalue weighted by Gasteiger charge is 2.15. The Hall–Kier alpha value is -0.220. The number of benzene rings is 2. The molecule has 0 aliphatic carbocycles. The molecule has 2 aromatic rings. The van der Waals surface area contributed by atoms with Crippen LogP contribution in [0.5, 0.6) is 5.75 Å². The molecule has 5 heteroatoms. The summed E-state index contributed by atoms with van der Waals surface area (Å²) >= 11 is 19.3. The number of rotatable bonds is 3. The van der Waals surface area contributed by atoms with Crippen molar-refractivity contribution in [2.45, 2.75) is 4.83 Å². The molecular formula is C14H10Br2Cl2O. The Morgan fingerprint density at radius 1 is 1.11 bits per heavy atom. The second kappa shape index (κ2) is 6.49. The van der Waals surface area contributed by atoms with E-state index in [1.54, 1.807) is 7.11 Å². The fraction of sp³-hybridized carbons (Fsp3) is 0.143. The van der Waals surface area contributed by atoms with Gasteiger partial charge in [0.15, 0.2) is 0 Å². The lowest BCUT2D eigenvalue weighted by Crippen LogP contribution is -1.95. The van der Waals surface area contributed by atoms with Crippen LogP contribution >= 0.6 is 55.1 Å². The average molecular weight is 425 g/mol. The second-order valence-electron chi connectivity index (χ2n) is 3.92. The SMILES string of the molecule is COc1ccc(C(Br)c2ccc(Cl)cc2Br)cc1Cl. The summed E-state index contributed by atoms with van der Waals surface area (Å²) in [6.45, 7) is 0. The molecule has 2 aromatic carbocycles. The Morgan fingerprint density at radius 2 is 1.84 bits per heavy atom. The number of hydrogen-bond donors (Lipinski definition) is 0. The molecule has 1 unspecified atom stereocenters. The van der Waals surface area contributed by atoms with Gasteiger partial charge in [-0.05, 0) is 35.4 Å². The van der Waals surface area contributed by atoms with Crippen molar-refractivity contribution in [3.8, 4) is 5.75 Å². The minimum Gasteiger partial charge on any atom is -0.495 e. The molecule has 0 radical (unpaired) electrons. The first-order chi connectivity index (χ1) is 9.02. The Labute approximate surface area is 139 Å². The quantitative estimate of drug-likeness (QED) is 0.529. The first-order valence-electron chi connectivity index (χ1n) is 5.45. The van der Waals surface area contributed by atoms with E-state index in [4.69, 9.17) is 27.9 Å². The topological polar surface area (TPSA) is 9.23 Å². The molecule has 100 valence electrons. The first kappa shape index (κ1) is 15.2. The van der Waals surface area contributed by atoms with Crippen LogP contribution in [0.25, 0.3) is 0 Å². The third-order valence-electron chi connectivity index (χ3n) is 2.70. The summed E-state index contributed by atoms with van der Waals surface area (Å²) in [6.07, 6.45) is 0. The normalized spacial score (nSPS) is 12.3. The number of halogens is 4. The summed E-state index contributed by atoms with van der Waals surface area (Å²) in [6, 6.07) is 11.4. The van der Waals surface area contributed by atoms with Gasteiger partial charge in [0, 0.05) is 9.50 Å². The fourth-order valence-electron chi connectivity index (χ4n) is 1.73. The van der Waals surface area contributed by atoms with Crippen molar-refractivity contribution in [3.63, 3.8) is 0 Å². The van der Waals surface area contributed by atoms with E-state index in [1.165, 1.54) is 0 Å².